The van der Waals surface area contributed by atoms with E-state index >= 15 is 0 Å². The van der Waals surface area contributed by atoms with Crippen LogP contribution in [0.1, 0.15) is 25.5 Å². The molecule has 1 saturated heterocycles. The molecule has 0 amide bonds. The van der Waals surface area contributed by atoms with E-state index in [0.29, 0.717) is 18.1 Å². The van der Waals surface area contributed by atoms with Gasteiger partial charge in [0.05, 0.1) is 18.0 Å². The Labute approximate surface area is 105 Å². The van der Waals surface area contributed by atoms with Gasteiger partial charge in [0.25, 0.3) is 0 Å². The van der Waals surface area contributed by atoms with Crippen molar-refractivity contribution < 1.29 is 10.3 Å². The number of hydrogen-bond donors (Lipinski definition) is 3. The summed E-state index contributed by atoms with van der Waals surface area (Å²) in [5.74, 6) is 0.615. The molecular formula is C11H17N5O2. The van der Waals surface area contributed by atoms with Gasteiger partial charge in [0.15, 0.2) is 5.84 Å². The maximum atomic E-state index is 10.0. The molecule has 1 aromatic rings. The topological polar surface area (TPSA) is 108 Å². The Hall–Kier alpha value is -1.89. The lowest BCUT2D eigenvalue weighted by Gasteiger charge is -2.37. The minimum Gasteiger partial charge on any atom is -0.409 e. The van der Waals surface area contributed by atoms with E-state index in [1.54, 1.807) is 6.20 Å². The summed E-state index contributed by atoms with van der Waals surface area (Å²) in [6, 6.07) is 0. The van der Waals surface area contributed by atoms with Crippen molar-refractivity contribution in [3.8, 4) is 0 Å². The monoisotopic (exact) mass is 251 g/mol. The Balaban J connectivity index is 2.14. The van der Waals surface area contributed by atoms with Gasteiger partial charge >= 0.3 is 0 Å². The Kier molecular flexibility index (Phi) is 3.33. The van der Waals surface area contributed by atoms with E-state index < -0.39 is 5.60 Å². The van der Waals surface area contributed by atoms with E-state index in [0.717, 1.165) is 19.4 Å². The zero-order valence-corrected chi connectivity index (χ0v) is 10.2. The summed E-state index contributed by atoms with van der Waals surface area (Å²) in [4.78, 5) is 10.3. The Morgan fingerprint density at radius 1 is 1.50 bits per heavy atom. The fraction of sp³-hybridized carbons (Fsp3) is 0.545. The van der Waals surface area contributed by atoms with E-state index in [9.17, 15) is 5.11 Å². The third-order valence-corrected chi connectivity index (χ3v) is 3.01. The minimum atomic E-state index is -0.690. The summed E-state index contributed by atoms with van der Waals surface area (Å²) < 4.78 is 0. The maximum absolute atomic E-state index is 10.0. The van der Waals surface area contributed by atoms with Crippen LogP contribution in [0.4, 0.5) is 5.82 Å². The zero-order valence-electron chi connectivity index (χ0n) is 10.2. The van der Waals surface area contributed by atoms with Crippen molar-refractivity contribution in [2.75, 3.05) is 18.0 Å². The Bertz CT molecular complexity index is 443. The Morgan fingerprint density at radius 3 is 2.83 bits per heavy atom. The first kappa shape index (κ1) is 12.6. The SMILES string of the molecule is CC1(O)CCCN(c2cnc(C(N)=NO)cn2)C1. The van der Waals surface area contributed by atoms with Gasteiger partial charge in [-0.05, 0) is 19.8 Å². The largest absolute Gasteiger partial charge is 0.409 e. The van der Waals surface area contributed by atoms with Gasteiger partial charge in [0, 0.05) is 13.1 Å². The number of amidine groups is 1. The molecule has 4 N–H and O–H groups in total. The number of aromatic nitrogens is 2. The van der Waals surface area contributed by atoms with Gasteiger partial charge in [-0.3, -0.25) is 0 Å². The van der Waals surface area contributed by atoms with Crippen molar-refractivity contribution in [1.82, 2.24) is 9.97 Å². The molecule has 1 aromatic heterocycles. The number of rotatable bonds is 2. The number of nitrogens with zero attached hydrogens (tertiary/aromatic N) is 4. The van der Waals surface area contributed by atoms with Crippen molar-refractivity contribution in [1.29, 1.82) is 0 Å². The van der Waals surface area contributed by atoms with Crippen LogP contribution in [0.25, 0.3) is 0 Å². The summed E-state index contributed by atoms with van der Waals surface area (Å²) in [5, 5.41) is 21.4. The predicted octanol–water partition coefficient (Wildman–Crippen LogP) is -0.0777. The second-order valence-corrected chi connectivity index (χ2v) is 4.77. The van der Waals surface area contributed by atoms with Gasteiger partial charge in [-0.1, -0.05) is 5.16 Å². The highest BCUT2D eigenvalue weighted by atomic mass is 16.4. The van der Waals surface area contributed by atoms with Gasteiger partial charge < -0.3 is 20.9 Å². The van der Waals surface area contributed by atoms with Crippen LogP contribution in [-0.2, 0) is 0 Å². The second-order valence-electron chi connectivity index (χ2n) is 4.77. The van der Waals surface area contributed by atoms with Crippen LogP contribution < -0.4 is 10.6 Å². The molecular weight excluding hydrogens is 234 g/mol. The molecule has 0 radical (unpaired) electrons. The van der Waals surface area contributed by atoms with Crippen molar-refractivity contribution in [2.45, 2.75) is 25.4 Å². The third kappa shape index (κ3) is 2.67. The summed E-state index contributed by atoms with van der Waals surface area (Å²) in [6.45, 7) is 3.19. The molecule has 2 rings (SSSR count). The number of hydrogen-bond acceptors (Lipinski definition) is 6. The van der Waals surface area contributed by atoms with Crippen LogP contribution in [-0.4, -0.2) is 44.8 Å². The van der Waals surface area contributed by atoms with E-state index in [1.807, 2.05) is 11.8 Å². The predicted molar refractivity (Wildman–Crippen MR) is 66.6 cm³/mol. The molecule has 1 aliphatic heterocycles. The lowest BCUT2D eigenvalue weighted by Crippen LogP contribution is -2.46. The van der Waals surface area contributed by atoms with Gasteiger partial charge in [0.2, 0.25) is 0 Å². The average Bonchev–Trinajstić information content (AvgIpc) is 2.37. The summed E-state index contributed by atoms with van der Waals surface area (Å²) in [6.07, 6.45) is 4.72. The normalized spacial score (nSPS) is 25.2. The number of anilines is 1. The first-order chi connectivity index (χ1) is 8.52. The van der Waals surface area contributed by atoms with Gasteiger partial charge in [-0.25, -0.2) is 9.97 Å². The van der Waals surface area contributed by atoms with E-state index in [2.05, 4.69) is 15.1 Å². The molecule has 0 bridgehead atoms. The van der Waals surface area contributed by atoms with Gasteiger partial charge in [-0.2, -0.15) is 0 Å². The fourth-order valence-electron chi connectivity index (χ4n) is 2.08. The maximum Gasteiger partial charge on any atom is 0.190 e. The highest BCUT2D eigenvalue weighted by Gasteiger charge is 2.29. The van der Waals surface area contributed by atoms with Crippen LogP contribution >= 0.6 is 0 Å². The van der Waals surface area contributed by atoms with E-state index in [4.69, 9.17) is 10.9 Å². The molecule has 1 aliphatic rings. The number of oxime groups is 1. The third-order valence-electron chi connectivity index (χ3n) is 3.01. The number of piperidine rings is 1. The summed E-state index contributed by atoms with van der Waals surface area (Å²) >= 11 is 0. The molecule has 2 heterocycles. The van der Waals surface area contributed by atoms with Gasteiger partial charge in [0.1, 0.15) is 11.5 Å². The molecule has 7 heteroatoms. The number of aliphatic hydroxyl groups is 1. The van der Waals surface area contributed by atoms with Crippen LogP contribution in [0.3, 0.4) is 0 Å². The van der Waals surface area contributed by atoms with Crippen LogP contribution in [0.2, 0.25) is 0 Å². The van der Waals surface area contributed by atoms with Crippen molar-refractivity contribution in [3.05, 3.63) is 18.1 Å². The molecule has 1 fully saturated rings. The second kappa shape index (κ2) is 4.77. The van der Waals surface area contributed by atoms with Crippen molar-refractivity contribution in [2.24, 2.45) is 10.9 Å². The molecule has 0 aromatic carbocycles. The summed E-state index contributed by atoms with van der Waals surface area (Å²) in [7, 11) is 0. The van der Waals surface area contributed by atoms with Gasteiger partial charge in [-0.15, -0.1) is 0 Å². The molecule has 1 unspecified atom stereocenters. The highest BCUT2D eigenvalue weighted by Crippen LogP contribution is 2.23. The number of β-amino-alcohol motifs (C(OH)–C–C–N with tert-alkyl or cyclic N) is 1. The van der Waals surface area contributed by atoms with Crippen LogP contribution in [0.5, 0.6) is 0 Å². The molecule has 98 valence electrons. The zero-order chi connectivity index (χ0) is 13.2. The fourth-order valence-corrected chi connectivity index (χ4v) is 2.08. The summed E-state index contributed by atoms with van der Waals surface area (Å²) in [5.41, 5.74) is 5.04. The molecule has 18 heavy (non-hydrogen) atoms. The average molecular weight is 251 g/mol. The molecule has 1 atom stereocenters. The van der Waals surface area contributed by atoms with Crippen LogP contribution in [0, 0.1) is 0 Å². The highest BCUT2D eigenvalue weighted by molar-refractivity contribution is 5.94. The smallest absolute Gasteiger partial charge is 0.190 e. The molecule has 0 aliphatic carbocycles. The molecule has 7 nitrogen and oxygen atoms in total. The standard InChI is InChI=1S/C11H17N5O2/c1-11(17)3-2-4-16(7-11)9-6-13-8(5-14-9)10(12)15-18/h5-6,17-18H,2-4,7H2,1H3,(H2,12,15). The first-order valence-electron chi connectivity index (χ1n) is 5.79. The lowest BCUT2D eigenvalue weighted by molar-refractivity contribution is 0.0447. The Morgan fingerprint density at radius 2 is 2.28 bits per heavy atom. The minimum absolute atomic E-state index is 0.0697. The van der Waals surface area contributed by atoms with E-state index in [1.165, 1.54) is 6.20 Å². The molecule has 0 spiro atoms. The number of nitrogens with two attached hydrogens (primary N) is 1. The van der Waals surface area contributed by atoms with Crippen molar-refractivity contribution in [3.63, 3.8) is 0 Å². The lowest BCUT2D eigenvalue weighted by atomic mass is 9.95. The first-order valence-corrected chi connectivity index (χ1v) is 5.79. The quantitative estimate of drug-likeness (QED) is 0.294. The van der Waals surface area contributed by atoms with Crippen LogP contribution in [0.15, 0.2) is 17.5 Å². The van der Waals surface area contributed by atoms with Crippen molar-refractivity contribution >= 4 is 11.7 Å². The molecule has 0 saturated carbocycles. The van der Waals surface area contributed by atoms with E-state index in [-0.39, 0.29) is 5.84 Å².